The maximum atomic E-state index is 13.7. The van der Waals surface area contributed by atoms with Gasteiger partial charge in [-0.1, -0.05) is 95.0 Å². The molecule has 0 spiro atoms. The summed E-state index contributed by atoms with van der Waals surface area (Å²) in [5, 5.41) is 11.5. The van der Waals surface area contributed by atoms with E-state index in [-0.39, 0.29) is 11.8 Å². The van der Waals surface area contributed by atoms with Gasteiger partial charge in [0.2, 0.25) is 17.7 Å². The summed E-state index contributed by atoms with van der Waals surface area (Å²) in [5.74, 6) is 1.06. The first-order chi connectivity index (χ1) is 19.1. The minimum Gasteiger partial charge on any atom is -0.496 e. The summed E-state index contributed by atoms with van der Waals surface area (Å²) in [6, 6.07) is 12.8. The van der Waals surface area contributed by atoms with Gasteiger partial charge in [0.1, 0.15) is 28.9 Å². The first-order valence-electron chi connectivity index (χ1n) is 14.1. The van der Waals surface area contributed by atoms with Crippen LogP contribution < -0.4 is 19.5 Å². The van der Waals surface area contributed by atoms with Crippen LogP contribution in [0.3, 0.4) is 0 Å². The van der Waals surface area contributed by atoms with E-state index in [0.717, 1.165) is 18.4 Å². The second-order valence-electron chi connectivity index (χ2n) is 9.71. The van der Waals surface area contributed by atoms with Crippen molar-refractivity contribution in [2.24, 2.45) is 0 Å². The minimum absolute atomic E-state index is 0.257. The molecular weight excluding hydrogens is 494 g/mol. The smallest absolute Gasteiger partial charge is 0.241 e. The van der Waals surface area contributed by atoms with Crippen LogP contribution in [0.4, 0.5) is 5.69 Å². The zero-order valence-corrected chi connectivity index (χ0v) is 23.8. The van der Waals surface area contributed by atoms with Gasteiger partial charge in [0.15, 0.2) is 0 Å². The van der Waals surface area contributed by atoms with Gasteiger partial charge in [-0.3, -0.25) is 4.79 Å². The zero-order valence-electron chi connectivity index (χ0n) is 23.8. The van der Waals surface area contributed by atoms with E-state index in [1.54, 1.807) is 19.2 Å². The van der Waals surface area contributed by atoms with E-state index in [4.69, 9.17) is 18.6 Å². The number of amides is 1. The molecule has 0 unspecified atom stereocenters. The molecule has 2 aromatic carbocycles. The molecule has 8 nitrogen and oxygen atoms in total. The van der Waals surface area contributed by atoms with Crippen molar-refractivity contribution in [3.05, 3.63) is 59.8 Å². The molecule has 1 amide bonds. The number of nitrogens with one attached hydrogen (secondary N) is 1. The van der Waals surface area contributed by atoms with Crippen LogP contribution >= 0.6 is 0 Å². The number of aryl methyl sites for hydroxylation is 1. The SMILES string of the molecule is CCCCCCCCCCCCc1nnc([C@@H](C(=O)Nc2c(OC)cc(OC)cc2OC)c2ccccc2)o1. The highest BCUT2D eigenvalue weighted by Crippen LogP contribution is 2.40. The zero-order chi connectivity index (χ0) is 27.9. The fourth-order valence-electron chi connectivity index (χ4n) is 4.62. The largest absolute Gasteiger partial charge is 0.496 e. The van der Waals surface area contributed by atoms with Crippen molar-refractivity contribution in [2.45, 2.75) is 83.5 Å². The van der Waals surface area contributed by atoms with Gasteiger partial charge in [-0.15, -0.1) is 10.2 Å². The molecule has 0 aliphatic rings. The molecule has 3 rings (SSSR count). The fraction of sp³-hybridized carbons (Fsp3) is 0.516. The van der Waals surface area contributed by atoms with Crippen molar-refractivity contribution in [2.75, 3.05) is 26.6 Å². The molecule has 1 aromatic heterocycles. The van der Waals surface area contributed by atoms with Gasteiger partial charge in [0, 0.05) is 18.6 Å². The summed E-state index contributed by atoms with van der Waals surface area (Å²) >= 11 is 0. The highest BCUT2D eigenvalue weighted by atomic mass is 16.5. The van der Waals surface area contributed by atoms with Crippen molar-refractivity contribution < 1.29 is 23.4 Å². The number of hydrogen-bond acceptors (Lipinski definition) is 7. The Balaban J connectivity index is 1.65. The Morgan fingerprint density at radius 1 is 0.821 bits per heavy atom. The quantitative estimate of drug-likeness (QED) is 0.170. The lowest BCUT2D eigenvalue weighted by Gasteiger charge is -2.18. The van der Waals surface area contributed by atoms with Crippen LogP contribution in [0.15, 0.2) is 46.9 Å². The predicted molar refractivity (Wildman–Crippen MR) is 153 cm³/mol. The number of unbranched alkanes of at least 4 members (excludes halogenated alkanes) is 9. The highest BCUT2D eigenvalue weighted by molar-refractivity contribution is 6.00. The van der Waals surface area contributed by atoms with E-state index in [1.165, 1.54) is 65.6 Å². The van der Waals surface area contributed by atoms with Crippen LogP contribution in [0.25, 0.3) is 0 Å². The van der Waals surface area contributed by atoms with E-state index in [0.29, 0.717) is 35.2 Å². The average molecular weight is 538 g/mol. The van der Waals surface area contributed by atoms with Gasteiger partial charge in [-0.05, 0) is 12.0 Å². The molecule has 212 valence electrons. The number of carbonyl (C=O) groups is 1. The molecule has 1 N–H and O–H groups in total. The maximum Gasteiger partial charge on any atom is 0.241 e. The lowest BCUT2D eigenvalue weighted by molar-refractivity contribution is -0.117. The molecule has 0 aliphatic heterocycles. The molecule has 0 aliphatic carbocycles. The first kappa shape index (κ1) is 30.0. The second kappa shape index (κ2) is 16.4. The van der Waals surface area contributed by atoms with E-state index in [1.807, 2.05) is 30.3 Å². The van der Waals surface area contributed by atoms with Crippen LogP contribution in [0.5, 0.6) is 17.2 Å². The van der Waals surface area contributed by atoms with E-state index in [9.17, 15) is 4.79 Å². The third-order valence-corrected chi connectivity index (χ3v) is 6.83. The Labute approximate surface area is 232 Å². The number of ether oxygens (including phenoxy) is 3. The Morgan fingerprint density at radius 3 is 1.97 bits per heavy atom. The van der Waals surface area contributed by atoms with Crippen LogP contribution in [-0.4, -0.2) is 37.4 Å². The lowest BCUT2D eigenvalue weighted by atomic mass is 9.98. The minimum atomic E-state index is -0.795. The molecular formula is C31H43N3O5. The van der Waals surface area contributed by atoms with Crippen molar-refractivity contribution >= 4 is 11.6 Å². The Morgan fingerprint density at radius 2 is 1.41 bits per heavy atom. The van der Waals surface area contributed by atoms with Gasteiger partial charge in [-0.2, -0.15) is 0 Å². The molecule has 8 heteroatoms. The first-order valence-corrected chi connectivity index (χ1v) is 14.1. The molecule has 0 bridgehead atoms. The third kappa shape index (κ3) is 9.01. The summed E-state index contributed by atoms with van der Waals surface area (Å²) < 4.78 is 22.3. The van der Waals surface area contributed by atoms with Crippen molar-refractivity contribution in [1.82, 2.24) is 10.2 Å². The number of nitrogens with zero attached hydrogens (tertiary/aromatic N) is 2. The predicted octanol–water partition coefficient (Wildman–Crippen LogP) is 7.33. The van der Waals surface area contributed by atoms with Crippen molar-refractivity contribution in [3.8, 4) is 17.2 Å². The van der Waals surface area contributed by atoms with Gasteiger partial charge >= 0.3 is 0 Å². The van der Waals surface area contributed by atoms with Crippen LogP contribution in [0.2, 0.25) is 0 Å². The molecule has 39 heavy (non-hydrogen) atoms. The summed E-state index contributed by atoms with van der Waals surface area (Å²) in [6.07, 6.45) is 13.3. The highest BCUT2D eigenvalue weighted by Gasteiger charge is 2.30. The Kier molecular flexibility index (Phi) is 12.6. The van der Waals surface area contributed by atoms with Crippen LogP contribution in [-0.2, 0) is 11.2 Å². The average Bonchev–Trinajstić information content (AvgIpc) is 3.42. The number of rotatable bonds is 18. The van der Waals surface area contributed by atoms with Crippen molar-refractivity contribution in [1.29, 1.82) is 0 Å². The van der Waals surface area contributed by atoms with E-state index in [2.05, 4.69) is 22.4 Å². The Hall–Kier alpha value is -3.55. The second-order valence-corrected chi connectivity index (χ2v) is 9.71. The normalized spacial score (nSPS) is 11.7. The number of aromatic nitrogens is 2. The number of methoxy groups -OCH3 is 3. The van der Waals surface area contributed by atoms with E-state index < -0.39 is 5.92 Å². The molecule has 0 saturated heterocycles. The van der Waals surface area contributed by atoms with Crippen LogP contribution in [0.1, 0.15) is 94.4 Å². The topological polar surface area (TPSA) is 95.7 Å². The van der Waals surface area contributed by atoms with Gasteiger partial charge < -0.3 is 23.9 Å². The standard InChI is InChI=1S/C31H43N3O5/c1-5-6-7-8-9-10-11-12-13-17-20-27-33-34-31(39-27)28(23-18-15-14-16-19-23)30(35)32-29-25(37-3)21-24(36-2)22-26(29)38-4/h14-16,18-19,21-22,28H,5-13,17,20H2,1-4H3,(H,32,35)/t28-/m1/s1. The molecule has 1 atom stereocenters. The summed E-state index contributed by atoms with van der Waals surface area (Å²) in [5.41, 5.74) is 1.15. The molecule has 1 heterocycles. The Bertz CT molecular complexity index is 1110. The van der Waals surface area contributed by atoms with E-state index >= 15 is 0 Å². The fourth-order valence-corrected chi connectivity index (χ4v) is 4.62. The van der Waals surface area contributed by atoms with Gasteiger partial charge in [0.05, 0.1) is 21.3 Å². The molecule has 0 radical (unpaired) electrons. The van der Waals surface area contributed by atoms with Gasteiger partial charge in [-0.25, -0.2) is 0 Å². The number of benzene rings is 2. The summed E-state index contributed by atoms with van der Waals surface area (Å²) in [7, 11) is 4.60. The lowest BCUT2D eigenvalue weighted by Crippen LogP contribution is -2.23. The van der Waals surface area contributed by atoms with Crippen LogP contribution in [0, 0.1) is 0 Å². The van der Waals surface area contributed by atoms with Gasteiger partial charge in [0.25, 0.3) is 0 Å². The summed E-state index contributed by atoms with van der Waals surface area (Å²) in [6.45, 7) is 2.25. The van der Waals surface area contributed by atoms with Crippen molar-refractivity contribution in [3.63, 3.8) is 0 Å². The molecule has 0 saturated carbocycles. The number of anilines is 1. The summed E-state index contributed by atoms with van der Waals surface area (Å²) in [4.78, 5) is 13.7. The maximum absolute atomic E-state index is 13.7. The third-order valence-electron chi connectivity index (χ3n) is 6.83. The number of carbonyl (C=O) groups excluding carboxylic acids is 1. The monoisotopic (exact) mass is 537 g/mol. The number of hydrogen-bond donors (Lipinski definition) is 1. The molecule has 0 fully saturated rings. The molecule has 3 aromatic rings.